The smallest absolute Gasteiger partial charge is 0.161 e. The number of nitrogens with zero attached hydrogens (tertiary/aromatic N) is 1. The zero-order valence-corrected chi connectivity index (χ0v) is 18.0. The van der Waals surface area contributed by atoms with E-state index in [1.165, 1.54) is 35.1 Å². The zero-order valence-electron chi connectivity index (χ0n) is 18.0. The highest BCUT2D eigenvalue weighted by Gasteiger charge is 2.19. The maximum Gasteiger partial charge on any atom is 0.161 e. The van der Waals surface area contributed by atoms with E-state index in [1.807, 2.05) is 18.5 Å². The Morgan fingerprint density at radius 3 is 2.53 bits per heavy atom. The summed E-state index contributed by atoms with van der Waals surface area (Å²) in [5.41, 5.74) is 5.26. The quantitative estimate of drug-likeness (QED) is 0.441. The molecule has 0 bridgehead atoms. The van der Waals surface area contributed by atoms with E-state index in [1.54, 1.807) is 7.11 Å². The van der Waals surface area contributed by atoms with Gasteiger partial charge in [-0.15, -0.1) is 0 Å². The predicted octanol–water partition coefficient (Wildman–Crippen LogP) is 6.35. The van der Waals surface area contributed by atoms with Crippen molar-refractivity contribution in [3.05, 3.63) is 89.2 Å². The Bertz CT molecular complexity index is 948. The Hall–Kier alpha value is -2.81. The molecule has 2 aromatic carbocycles. The Balaban J connectivity index is 1.50. The average molecular weight is 402 g/mol. The summed E-state index contributed by atoms with van der Waals surface area (Å²) in [5.74, 6) is 2.04. The van der Waals surface area contributed by atoms with Crippen LogP contribution in [0.1, 0.15) is 60.8 Å². The number of hydrogen-bond acceptors (Lipinski definition) is 3. The van der Waals surface area contributed by atoms with E-state index in [0.717, 1.165) is 37.2 Å². The molecule has 0 N–H and O–H groups in total. The van der Waals surface area contributed by atoms with Gasteiger partial charge in [0.15, 0.2) is 11.5 Å². The van der Waals surface area contributed by atoms with Crippen molar-refractivity contribution >= 4 is 0 Å². The summed E-state index contributed by atoms with van der Waals surface area (Å²) in [7, 11) is 1.71. The predicted molar refractivity (Wildman–Crippen MR) is 121 cm³/mol. The molecular formula is C27H31NO2. The summed E-state index contributed by atoms with van der Waals surface area (Å²) in [6.45, 7) is 2.26. The monoisotopic (exact) mass is 401 g/mol. The number of rotatable bonds is 8. The topological polar surface area (TPSA) is 31.4 Å². The molecule has 0 aliphatic heterocycles. The fraction of sp³-hybridized carbons (Fsp3) is 0.370. The van der Waals surface area contributed by atoms with Crippen LogP contribution >= 0.6 is 0 Å². The number of methoxy groups -OCH3 is 1. The van der Waals surface area contributed by atoms with E-state index < -0.39 is 0 Å². The van der Waals surface area contributed by atoms with Crippen LogP contribution in [0.5, 0.6) is 11.5 Å². The summed E-state index contributed by atoms with van der Waals surface area (Å²) >= 11 is 0. The molecule has 1 fully saturated rings. The fourth-order valence-corrected chi connectivity index (χ4v) is 4.41. The first-order valence-electron chi connectivity index (χ1n) is 11.1. The highest BCUT2D eigenvalue weighted by atomic mass is 16.5. The minimum absolute atomic E-state index is 0.326. The largest absolute Gasteiger partial charge is 0.493 e. The van der Waals surface area contributed by atoms with Gasteiger partial charge in [0.05, 0.1) is 13.2 Å². The highest BCUT2D eigenvalue weighted by Crippen LogP contribution is 2.33. The third-order valence-corrected chi connectivity index (χ3v) is 6.22. The molecule has 3 heteroatoms. The first-order chi connectivity index (χ1) is 14.7. The van der Waals surface area contributed by atoms with E-state index in [2.05, 4.69) is 60.4 Å². The van der Waals surface area contributed by atoms with E-state index in [0.29, 0.717) is 12.0 Å². The van der Waals surface area contributed by atoms with E-state index in [-0.39, 0.29) is 0 Å². The molecular weight excluding hydrogens is 370 g/mol. The zero-order chi connectivity index (χ0) is 20.8. The van der Waals surface area contributed by atoms with Gasteiger partial charge in [0.25, 0.3) is 0 Å². The van der Waals surface area contributed by atoms with Crippen LogP contribution in [-0.2, 0) is 12.8 Å². The second kappa shape index (κ2) is 9.80. The molecule has 0 amide bonds. The molecule has 1 saturated carbocycles. The van der Waals surface area contributed by atoms with Crippen LogP contribution in [-0.4, -0.2) is 18.2 Å². The molecule has 3 aromatic rings. The molecule has 1 aliphatic rings. The highest BCUT2D eigenvalue weighted by molar-refractivity contribution is 5.44. The summed E-state index contributed by atoms with van der Waals surface area (Å²) in [4.78, 5) is 4.40. The SMILES string of the molecule is COc1ccc(CCc2ccncc2C(C)c2ccccc2)cc1OC1CCCC1. The van der Waals surface area contributed by atoms with Gasteiger partial charge in [0, 0.05) is 18.3 Å². The van der Waals surface area contributed by atoms with Gasteiger partial charge >= 0.3 is 0 Å². The van der Waals surface area contributed by atoms with Crippen LogP contribution in [0, 0.1) is 0 Å². The molecule has 0 spiro atoms. The number of hydrogen-bond donors (Lipinski definition) is 0. The summed E-state index contributed by atoms with van der Waals surface area (Å²) < 4.78 is 11.8. The Kier molecular flexibility index (Phi) is 6.68. The van der Waals surface area contributed by atoms with Crippen LogP contribution in [0.2, 0.25) is 0 Å². The van der Waals surface area contributed by atoms with Crippen molar-refractivity contribution in [1.82, 2.24) is 4.98 Å². The summed E-state index contributed by atoms with van der Waals surface area (Å²) in [6.07, 6.45) is 11.0. The van der Waals surface area contributed by atoms with Crippen LogP contribution in [0.4, 0.5) is 0 Å². The third-order valence-electron chi connectivity index (χ3n) is 6.22. The number of aryl methyl sites for hydroxylation is 2. The van der Waals surface area contributed by atoms with Gasteiger partial charge in [-0.2, -0.15) is 0 Å². The van der Waals surface area contributed by atoms with Crippen LogP contribution in [0.25, 0.3) is 0 Å². The fourth-order valence-electron chi connectivity index (χ4n) is 4.41. The van der Waals surface area contributed by atoms with Crippen molar-refractivity contribution in [3.8, 4) is 11.5 Å². The number of aromatic nitrogens is 1. The third kappa shape index (κ3) is 4.84. The first-order valence-corrected chi connectivity index (χ1v) is 11.1. The maximum atomic E-state index is 6.27. The molecule has 4 rings (SSSR count). The Morgan fingerprint density at radius 2 is 1.77 bits per heavy atom. The minimum atomic E-state index is 0.326. The lowest BCUT2D eigenvalue weighted by Gasteiger charge is -2.18. The molecule has 1 atom stereocenters. The summed E-state index contributed by atoms with van der Waals surface area (Å²) in [6, 6.07) is 19.2. The minimum Gasteiger partial charge on any atom is -0.493 e. The van der Waals surface area contributed by atoms with Crippen molar-refractivity contribution in [3.63, 3.8) is 0 Å². The van der Waals surface area contributed by atoms with Crippen LogP contribution < -0.4 is 9.47 Å². The normalized spacial score (nSPS) is 15.1. The standard InChI is InChI=1S/C27H31NO2/c1-20(22-8-4-3-5-9-22)25-19-28-17-16-23(25)14-12-21-13-15-26(29-2)27(18-21)30-24-10-6-7-11-24/h3-5,8-9,13,15-20,24H,6-7,10-12,14H2,1-2H3. The molecule has 156 valence electrons. The number of pyridine rings is 1. The van der Waals surface area contributed by atoms with Crippen molar-refractivity contribution < 1.29 is 9.47 Å². The van der Waals surface area contributed by atoms with E-state index in [9.17, 15) is 0 Å². The second-order valence-corrected chi connectivity index (χ2v) is 8.22. The second-order valence-electron chi connectivity index (χ2n) is 8.22. The first kappa shape index (κ1) is 20.5. The van der Waals surface area contributed by atoms with Gasteiger partial charge in [0.2, 0.25) is 0 Å². The lowest BCUT2D eigenvalue weighted by molar-refractivity contribution is 0.200. The average Bonchev–Trinajstić information content (AvgIpc) is 3.31. The lowest BCUT2D eigenvalue weighted by Crippen LogP contribution is -2.12. The number of ether oxygens (including phenoxy) is 2. The van der Waals surface area contributed by atoms with Gasteiger partial charge in [-0.25, -0.2) is 0 Å². The van der Waals surface area contributed by atoms with Gasteiger partial charge < -0.3 is 9.47 Å². The molecule has 3 nitrogen and oxygen atoms in total. The summed E-state index contributed by atoms with van der Waals surface area (Å²) in [5, 5.41) is 0. The van der Waals surface area contributed by atoms with E-state index >= 15 is 0 Å². The van der Waals surface area contributed by atoms with Crippen molar-refractivity contribution in [1.29, 1.82) is 0 Å². The Labute approximate surface area is 180 Å². The van der Waals surface area contributed by atoms with Crippen molar-refractivity contribution in [2.45, 2.75) is 57.5 Å². The number of benzene rings is 2. The van der Waals surface area contributed by atoms with Gasteiger partial charge in [0.1, 0.15) is 0 Å². The van der Waals surface area contributed by atoms with Gasteiger partial charge in [-0.3, -0.25) is 4.98 Å². The van der Waals surface area contributed by atoms with Crippen LogP contribution in [0.15, 0.2) is 67.0 Å². The molecule has 30 heavy (non-hydrogen) atoms. The molecule has 1 aliphatic carbocycles. The molecule has 1 heterocycles. The van der Waals surface area contributed by atoms with E-state index in [4.69, 9.17) is 9.47 Å². The van der Waals surface area contributed by atoms with Crippen molar-refractivity contribution in [2.75, 3.05) is 7.11 Å². The molecule has 1 unspecified atom stereocenters. The lowest BCUT2D eigenvalue weighted by atomic mass is 9.89. The molecule has 0 radical (unpaired) electrons. The van der Waals surface area contributed by atoms with Crippen LogP contribution in [0.3, 0.4) is 0 Å². The van der Waals surface area contributed by atoms with Gasteiger partial charge in [-0.05, 0) is 79.0 Å². The Morgan fingerprint density at radius 1 is 0.967 bits per heavy atom. The van der Waals surface area contributed by atoms with Gasteiger partial charge in [-0.1, -0.05) is 43.3 Å². The maximum absolute atomic E-state index is 6.27. The van der Waals surface area contributed by atoms with Crippen molar-refractivity contribution in [2.24, 2.45) is 0 Å². The molecule has 0 saturated heterocycles. The molecule has 1 aromatic heterocycles.